The molecule has 0 saturated heterocycles. The number of halogens is 1. The van der Waals surface area contributed by atoms with Crippen molar-refractivity contribution in [2.45, 2.75) is 78.9 Å². The van der Waals surface area contributed by atoms with Crippen molar-refractivity contribution in [1.29, 1.82) is 0 Å². The van der Waals surface area contributed by atoms with Gasteiger partial charge in [0.05, 0.1) is 6.10 Å². The van der Waals surface area contributed by atoms with Gasteiger partial charge in [-0.15, -0.1) is 0 Å². The van der Waals surface area contributed by atoms with Crippen molar-refractivity contribution < 1.29 is 29.2 Å². The molecule has 37 heavy (non-hydrogen) atoms. The molecule has 2 unspecified atom stereocenters. The van der Waals surface area contributed by atoms with Crippen LogP contribution in [0.3, 0.4) is 0 Å². The molecule has 6 nitrogen and oxygen atoms in total. The number of alkyl halides is 1. The van der Waals surface area contributed by atoms with Crippen molar-refractivity contribution in [1.82, 2.24) is 0 Å². The minimum atomic E-state index is -0.902. The van der Waals surface area contributed by atoms with Gasteiger partial charge < -0.3 is 24.4 Å². The van der Waals surface area contributed by atoms with Gasteiger partial charge in [0.15, 0.2) is 0 Å². The molecule has 0 aromatic heterocycles. The average molecular weight is 580 g/mol. The molecule has 0 saturated carbocycles. The Bertz CT molecular complexity index is 1030. The summed E-state index contributed by atoms with van der Waals surface area (Å²) in [6.45, 7) is 14.6. The van der Waals surface area contributed by atoms with Gasteiger partial charge in [-0.1, -0.05) is 74.8 Å². The van der Waals surface area contributed by atoms with Crippen molar-refractivity contribution in [2.24, 2.45) is 5.41 Å². The van der Waals surface area contributed by atoms with Crippen LogP contribution in [0.25, 0.3) is 0 Å². The molecule has 0 aliphatic carbocycles. The third kappa shape index (κ3) is 8.20. The van der Waals surface area contributed by atoms with Gasteiger partial charge in [0, 0.05) is 5.41 Å². The number of aliphatic hydroxyl groups excluding tert-OH is 2. The highest BCUT2D eigenvalue weighted by Gasteiger charge is 2.32. The zero-order chi connectivity index (χ0) is 27.8. The van der Waals surface area contributed by atoms with Gasteiger partial charge in [0.2, 0.25) is 0 Å². The highest BCUT2D eigenvalue weighted by Crippen LogP contribution is 2.41. The Labute approximate surface area is 230 Å². The minimum Gasteiger partial charge on any atom is -0.491 e. The van der Waals surface area contributed by atoms with Gasteiger partial charge in [0.1, 0.15) is 42.8 Å². The lowest BCUT2D eigenvalue weighted by Crippen LogP contribution is -2.32. The number of hydrogen-bond donors (Lipinski definition) is 2. The van der Waals surface area contributed by atoms with Crippen molar-refractivity contribution in [3.63, 3.8) is 0 Å². The van der Waals surface area contributed by atoms with Crippen LogP contribution in [-0.4, -0.2) is 53.5 Å². The molecule has 0 heterocycles. The molecule has 7 heteroatoms. The highest BCUT2D eigenvalue weighted by molar-refractivity contribution is 9.09. The van der Waals surface area contributed by atoms with Crippen LogP contribution in [0.1, 0.15) is 69.7 Å². The number of carbonyl (C=O) groups is 1. The van der Waals surface area contributed by atoms with E-state index in [0.29, 0.717) is 5.75 Å². The lowest BCUT2D eigenvalue weighted by atomic mass is 9.70. The van der Waals surface area contributed by atoms with Crippen LogP contribution in [0.5, 0.6) is 11.5 Å². The van der Waals surface area contributed by atoms with Gasteiger partial charge in [-0.05, 0) is 66.5 Å². The second-order valence-electron chi connectivity index (χ2n) is 10.7. The number of benzene rings is 2. The lowest BCUT2D eigenvalue weighted by molar-refractivity contribution is -0.143. The van der Waals surface area contributed by atoms with Crippen LogP contribution < -0.4 is 9.47 Å². The van der Waals surface area contributed by atoms with Crippen molar-refractivity contribution in [2.75, 3.05) is 25.2 Å². The molecule has 0 fully saturated rings. The van der Waals surface area contributed by atoms with Crippen LogP contribution in [0.15, 0.2) is 36.4 Å². The van der Waals surface area contributed by atoms with E-state index in [1.54, 1.807) is 0 Å². The minimum absolute atomic E-state index is 0.0347. The summed E-state index contributed by atoms with van der Waals surface area (Å²) >= 11 is 3.02. The first kappa shape index (κ1) is 31.1. The molecule has 2 N–H and O–H groups in total. The zero-order valence-corrected chi connectivity index (χ0v) is 24.9. The van der Waals surface area contributed by atoms with E-state index in [2.05, 4.69) is 54.0 Å². The molecule has 0 aliphatic heterocycles. The van der Waals surface area contributed by atoms with E-state index in [1.165, 1.54) is 11.1 Å². The Balaban J connectivity index is 2.21. The van der Waals surface area contributed by atoms with Crippen LogP contribution in [0, 0.1) is 19.3 Å². The third-order valence-electron chi connectivity index (χ3n) is 7.04. The molecule has 206 valence electrons. The molecular formula is C30H43BrO6. The maximum Gasteiger partial charge on any atom is 0.316 e. The Kier molecular flexibility index (Phi) is 11.5. The molecule has 0 amide bonds. The van der Waals surface area contributed by atoms with Crippen molar-refractivity contribution >= 4 is 21.9 Å². The van der Waals surface area contributed by atoms with Crippen LogP contribution >= 0.6 is 15.9 Å². The topological polar surface area (TPSA) is 85.2 Å². The highest BCUT2D eigenvalue weighted by atomic mass is 79.9. The molecule has 0 bridgehead atoms. The fourth-order valence-electron chi connectivity index (χ4n) is 4.33. The summed E-state index contributed by atoms with van der Waals surface area (Å²) in [6.07, 6.45) is 0.388. The van der Waals surface area contributed by atoms with Crippen LogP contribution in [-0.2, 0) is 14.9 Å². The number of rotatable bonds is 13. The maximum atomic E-state index is 11.2. The Morgan fingerprint density at radius 3 is 1.76 bits per heavy atom. The zero-order valence-electron chi connectivity index (χ0n) is 23.3. The number of aryl methyl sites for hydroxylation is 2. The molecular weight excluding hydrogens is 536 g/mol. The Morgan fingerprint density at radius 2 is 1.35 bits per heavy atom. The van der Waals surface area contributed by atoms with Crippen LogP contribution in [0.2, 0.25) is 0 Å². The molecule has 2 atom stereocenters. The monoisotopic (exact) mass is 578 g/mol. The number of esters is 1. The molecule has 0 aliphatic rings. The molecule has 2 aromatic rings. The van der Waals surface area contributed by atoms with Gasteiger partial charge in [-0.3, -0.25) is 4.79 Å². The van der Waals surface area contributed by atoms with E-state index < -0.39 is 18.2 Å². The average Bonchev–Trinajstić information content (AvgIpc) is 2.86. The summed E-state index contributed by atoms with van der Waals surface area (Å²) < 4.78 is 16.7. The summed E-state index contributed by atoms with van der Waals surface area (Å²) in [5.74, 6) is 1.05. The maximum absolute atomic E-state index is 11.2. The number of carbonyl (C=O) groups excluding carboxylic acids is 1. The van der Waals surface area contributed by atoms with E-state index in [1.807, 2.05) is 46.8 Å². The largest absolute Gasteiger partial charge is 0.491 e. The molecule has 2 rings (SSSR count). The normalized spacial score (nSPS) is 13.7. The van der Waals surface area contributed by atoms with Crippen LogP contribution in [0.4, 0.5) is 0 Å². The quantitative estimate of drug-likeness (QED) is 0.228. The summed E-state index contributed by atoms with van der Waals surface area (Å²) in [7, 11) is 0. The predicted octanol–water partition coefficient (Wildman–Crippen LogP) is 5.87. The van der Waals surface area contributed by atoms with E-state index in [9.17, 15) is 15.0 Å². The first-order chi connectivity index (χ1) is 17.4. The lowest BCUT2D eigenvalue weighted by Gasteiger charge is -2.34. The second kappa shape index (κ2) is 13.6. The van der Waals surface area contributed by atoms with Gasteiger partial charge in [-0.25, -0.2) is 0 Å². The molecule has 2 aromatic carbocycles. The SMILES string of the molecule is CCC(CC)(c1ccc(OCC(O)COC(=O)CBr)c(C)c1)c1ccc(OCC(O)C(C)(C)C)c(C)c1. The first-order valence-electron chi connectivity index (χ1n) is 12.9. The van der Waals surface area contributed by atoms with E-state index in [-0.39, 0.29) is 36.0 Å². The molecule has 0 radical (unpaired) electrons. The summed E-state index contributed by atoms with van der Waals surface area (Å²) in [6, 6.07) is 12.5. The fourth-order valence-corrected chi connectivity index (χ4v) is 4.49. The fraction of sp³-hybridized carbons (Fsp3) is 0.567. The summed E-state index contributed by atoms with van der Waals surface area (Å²) in [5.41, 5.74) is 4.01. The van der Waals surface area contributed by atoms with Gasteiger partial charge in [-0.2, -0.15) is 0 Å². The number of aliphatic hydroxyl groups is 2. The first-order valence-corrected chi connectivity index (χ1v) is 14.1. The van der Waals surface area contributed by atoms with Crippen molar-refractivity contribution in [3.8, 4) is 11.5 Å². The number of ether oxygens (including phenoxy) is 3. The molecule has 0 spiro atoms. The summed E-state index contributed by atoms with van der Waals surface area (Å²) in [4.78, 5) is 11.2. The van der Waals surface area contributed by atoms with E-state index >= 15 is 0 Å². The van der Waals surface area contributed by atoms with Gasteiger partial charge in [0.25, 0.3) is 0 Å². The predicted molar refractivity (Wildman–Crippen MR) is 151 cm³/mol. The number of hydrogen-bond acceptors (Lipinski definition) is 6. The Morgan fingerprint density at radius 1 is 0.865 bits per heavy atom. The second-order valence-corrected chi connectivity index (χ2v) is 11.3. The van der Waals surface area contributed by atoms with Crippen molar-refractivity contribution in [3.05, 3.63) is 58.7 Å². The van der Waals surface area contributed by atoms with Gasteiger partial charge >= 0.3 is 5.97 Å². The third-order valence-corrected chi connectivity index (χ3v) is 7.49. The smallest absolute Gasteiger partial charge is 0.316 e. The van der Waals surface area contributed by atoms with E-state index in [0.717, 1.165) is 29.7 Å². The standard InChI is InChI=1S/C30H43BrO6/c1-8-30(9-2,23-11-13-26(21(4)15-23)36-19-27(33)29(5,6)7)22-10-12-25(20(3)14-22)35-17-24(32)18-37-28(34)16-31/h10-15,24,27,32-33H,8-9,16-19H2,1-7H3. The summed E-state index contributed by atoms with van der Waals surface area (Å²) in [5, 5.41) is 20.5. The Hall–Kier alpha value is -2.09. The van der Waals surface area contributed by atoms with E-state index in [4.69, 9.17) is 14.2 Å².